The number of aromatic nitrogens is 5. The number of nitrogens with zero attached hydrogens (tertiary/aromatic N) is 10. The van der Waals surface area contributed by atoms with Crippen LogP contribution >= 0.6 is 11.8 Å². The topological polar surface area (TPSA) is 133 Å². The van der Waals surface area contributed by atoms with Gasteiger partial charge in [-0.05, 0) is 79.3 Å². The summed E-state index contributed by atoms with van der Waals surface area (Å²) in [6.45, 7) is 9.37. The first-order valence-electron chi connectivity index (χ1n) is 20.9. The molecule has 1 aromatic carbocycles. The molecule has 0 bridgehead atoms. The van der Waals surface area contributed by atoms with Gasteiger partial charge in [-0.15, -0.1) is 0 Å². The van der Waals surface area contributed by atoms with Crippen molar-refractivity contribution in [3.05, 3.63) is 93.1 Å². The van der Waals surface area contributed by atoms with E-state index in [0.29, 0.717) is 56.7 Å². The van der Waals surface area contributed by atoms with Gasteiger partial charge in [0.1, 0.15) is 30.5 Å². The van der Waals surface area contributed by atoms with E-state index in [-0.39, 0.29) is 36.0 Å². The van der Waals surface area contributed by atoms with E-state index in [1.165, 1.54) is 21.0 Å². The summed E-state index contributed by atoms with van der Waals surface area (Å²) < 4.78 is 2.68. The van der Waals surface area contributed by atoms with E-state index in [1.807, 2.05) is 58.0 Å². The molecule has 3 aromatic heterocycles. The van der Waals surface area contributed by atoms with Gasteiger partial charge in [0, 0.05) is 89.2 Å². The molecule has 0 N–H and O–H groups in total. The average molecular weight is 807 g/mol. The molecule has 0 unspecified atom stereocenters. The predicted molar refractivity (Wildman–Crippen MR) is 229 cm³/mol. The number of benzene rings is 1. The zero-order valence-electron chi connectivity index (χ0n) is 33.5. The van der Waals surface area contributed by atoms with Crippen molar-refractivity contribution in [1.29, 1.82) is 0 Å². The Balaban J connectivity index is 0.888. The lowest BCUT2D eigenvalue weighted by molar-refractivity contribution is -0.133. The first-order valence-corrected chi connectivity index (χ1v) is 22.0. The van der Waals surface area contributed by atoms with Crippen LogP contribution in [0.1, 0.15) is 38.2 Å². The number of hydrogen-bond donors (Lipinski definition) is 0. The molecule has 4 fully saturated rings. The van der Waals surface area contributed by atoms with Crippen LogP contribution in [-0.2, 0) is 29.1 Å². The molecule has 4 aliphatic rings. The SMILES string of the molecule is CC1CCN(c2ccc(=O)n(CC(=O)N3CCC(Cc4ccc(-c5cc(N6CCSCC6)nn(CC(=O)N6CCN(c7ccccn7)CC6)c5=O)cc4)CC3)n2)CC1. The lowest BCUT2D eigenvalue weighted by atomic mass is 9.89. The van der Waals surface area contributed by atoms with Crippen molar-refractivity contribution in [2.45, 2.75) is 52.1 Å². The fourth-order valence-corrected chi connectivity index (χ4v) is 9.37. The predicted octanol–water partition coefficient (Wildman–Crippen LogP) is 3.48. The van der Waals surface area contributed by atoms with Crippen LogP contribution < -0.4 is 25.8 Å². The maximum absolute atomic E-state index is 14.0. The highest BCUT2D eigenvalue weighted by Crippen LogP contribution is 2.26. The minimum atomic E-state index is -0.272. The van der Waals surface area contributed by atoms with Crippen LogP contribution in [0.3, 0.4) is 0 Å². The number of piperazine rings is 1. The molecule has 4 saturated heterocycles. The molecule has 58 heavy (non-hydrogen) atoms. The molecule has 0 aliphatic carbocycles. The largest absolute Gasteiger partial charge is 0.355 e. The number of anilines is 3. The van der Waals surface area contributed by atoms with Crippen molar-refractivity contribution in [1.82, 2.24) is 34.3 Å². The number of thioether (sulfide) groups is 1. The maximum Gasteiger partial charge on any atom is 0.275 e. The Labute approximate surface area is 343 Å². The summed E-state index contributed by atoms with van der Waals surface area (Å²) in [4.78, 5) is 68.3. The van der Waals surface area contributed by atoms with E-state index in [4.69, 9.17) is 5.10 Å². The summed E-state index contributed by atoms with van der Waals surface area (Å²) >= 11 is 1.91. The number of carbonyl (C=O) groups is 2. The lowest BCUT2D eigenvalue weighted by Gasteiger charge is -2.35. The molecule has 0 saturated carbocycles. The summed E-state index contributed by atoms with van der Waals surface area (Å²) in [5, 5.41) is 9.32. The summed E-state index contributed by atoms with van der Waals surface area (Å²) in [7, 11) is 0. The van der Waals surface area contributed by atoms with E-state index in [0.717, 1.165) is 92.8 Å². The molecule has 0 atom stereocenters. The minimum absolute atomic E-state index is 0.0456. The number of likely N-dealkylation sites (tertiary alicyclic amines) is 1. The third-order valence-corrected chi connectivity index (χ3v) is 13.1. The second kappa shape index (κ2) is 18.2. The van der Waals surface area contributed by atoms with Gasteiger partial charge in [0.15, 0.2) is 0 Å². The Morgan fingerprint density at radius 1 is 0.655 bits per heavy atom. The van der Waals surface area contributed by atoms with Crippen molar-refractivity contribution >= 4 is 41.0 Å². The van der Waals surface area contributed by atoms with Crippen molar-refractivity contribution in [3.63, 3.8) is 0 Å². The molecule has 14 nitrogen and oxygen atoms in total. The highest BCUT2D eigenvalue weighted by Gasteiger charge is 2.27. The van der Waals surface area contributed by atoms with E-state index >= 15 is 0 Å². The number of piperidine rings is 2. The number of amides is 2. The van der Waals surface area contributed by atoms with Gasteiger partial charge in [0.25, 0.3) is 11.1 Å². The number of rotatable bonds is 10. The monoisotopic (exact) mass is 806 g/mol. The van der Waals surface area contributed by atoms with Crippen LogP contribution in [0.2, 0.25) is 0 Å². The Hall–Kier alpha value is -5.18. The normalized spacial score (nSPS) is 18.5. The maximum atomic E-state index is 14.0. The van der Waals surface area contributed by atoms with Gasteiger partial charge >= 0.3 is 0 Å². The highest BCUT2D eigenvalue weighted by molar-refractivity contribution is 7.99. The molecule has 7 heterocycles. The van der Waals surface area contributed by atoms with Gasteiger partial charge in [-0.2, -0.15) is 22.0 Å². The third kappa shape index (κ3) is 9.40. The van der Waals surface area contributed by atoms with Crippen LogP contribution in [0.25, 0.3) is 11.1 Å². The molecule has 0 spiro atoms. The third-order valence-electron chi connectivity index (χ3n) is 12.2. The fraction of sp³-hybridized carbons (Fsp3) is 0.512. The fourth-order valence-electron chi connectivity index (χ4n) is 8.47. The van der Waals surface area contributed by atoms with E-state index in [9.17, 15) is 19.2 Å². The molecule has 4 aromatic rings. The van der Waals surface area contributed by atoms with Crippen LogP contribution in [-0.4, -0.2) is 123 Å². The molecule has 2 amide bonds. The van der Waals surface area contributed by atoms with Crippen molar-refractivity contribution in [2.24, 2.45) is 11.8 Å². The van der Waals surface area contributed by atoms with Crippen molar-refractivity contribution < 1.29 is 9.59 Å². The van der Waals surface area contributed by atoms with Gasteiger partial charge in [-0.25, -0.2) is 14.3 Å². The Kier molecular flexibility index (Phi) is 12.4. The van der Waals surface area contributed by atoms with Crippen molar-refractivity contribution in [3.8, 4) is 11.1 Å². The Morgan fingerprint density at radius 3 is 1.98 bits per heavy atom. The molecule has 15 heteroatoms. The van der Waals surface area contributed by atoms with Gasteiger partial charge < -0.3 is 24.5 Å². The van der Waals surface area contributed by atoms with E-state index < -0.39 is 0 Å². The summed E-state index contributed by atoms with van der Waals surface area (Å²) in [5.74, 6) is 5.28. The lowest BCUT2D eigenvalue weighted by Crippen LogP contribution is -2.50. The zero-order chi connectivity index (χ0) is 40.0. The second-order valence-electron chi connectivity index (χ2n) is 16.1. The molecular weight excluding hydrogens is 753 g/mol. The summed E-state index contributed by atoms with van der Waals surface area (Å²) in [6.07, 6.45) is 6.60. The van der Waals surface area contributed by atoms with Crippen LogP contribution in [0.5, 0.6) is 0 Å². The van der Waals surface area contributed by atoms with Crippen LogP contribution in [0, 0.1) is 11.8 Å². The van der Waals surface area contributed by atoms with Crippen LogP contribution in [0.4, 0.5) is 17.5 Å². The standard InChI is InChI=1S/C43H54N10O4S/c1-32-11-16-47(17-12-32)38-9-10-40(54)52(45-38)30-41(55)50-18-13-34(14-19-50)28-33-5-7-35(8-6-33)36-29-39(49-24-26-58-27-25-49)46-53(43(36)57)31-42(56)51-22-20-48(21-23-51)37-4-2-3-15-44-37/h2-10,15,29,32,34H,11-14,16-28,30-31H2,1H3. The van der Waals surface area contributed by atoms with Gasteiger partial charge in [0.05, 0.1) is 5.56 Å². The smallest absolute Gasteiger partial charge is 0.275 e. The van der Waals surface area contributed by atoms with Crippen molar-refractivity contribution in [2.75, 3.05) is 91.7 Å². The quantitative estimate of drug-likeness (QED) is 0.234. The number of hydrogen-bond acceptors (Lipinski definition) is 11. The van der Waals surface area contributed by atoms with Gasteiger partial charge in [0.2, 0.25) is 11.8 Å². The summed E-state index contributed by atoms with van der Waals surface area (Å²) in [5.41, 5.74) is 1.99. The molecule has 306 valence electrons. The number of pyridine rings is 1. The highest BCUT2D eigenvalue weighted by atomic mass is 32.2. The first-order chi connectivity index (χ1) is 28.3. The van der Waals surface area contributed by atoms with E-state index in [2.05, 4.69) is 43.8 Å². The van der Waals surface area contributed by atoms with Crippen LogP contribution in [0.15, 0.2) is 76.4 Å². The Morgan fingerprint density at radius 2 is 1.29 bits per heavy atom. The van der Waals surface area contributed by atoms with E-state index in [1.54, 1.807) is 12.3 Å². The van der Waals surface area contributed by atoms with Gasteiger partial charge in [-0.3, -0.25) is 19.2 Å². The minimum Gasteiger partial charge on any atom is -0.355 e. The summed E-state index contributed by atoms with van der Waals surface area (Å²) in [6, 6.07) is 19.2. The molecular formula is C43H54N10O4S. The molecule has 4 aliphatic heterocycles. The first kappa shape index (κ1) is 39.6. The number of carbonyl (C=O) groups excluding carboxylic acids is 2. The average Bonchev–Trinajstić information content (AvgIpc) is 3.26. The zero-order valence-corrected chi connectivity index (χ0v) is 34.3. The Bertz CT molecular complexity index is 2150. The molecule has 8 rings (SSSR count). The van der Waals surface area contributed by atoms with Gasteiger partial charge in [-0.1, -0.05) is 37.3 Å². The molecule has 0 radical (unpaired) electrons. The second-order valence-corrected chi connectivity index (χ2v) is 17.3.